The van der Waals surface area contributed by atoms with E-state index in [4.69, 9.17) is 14.7 Å². The highest BCUT2D eigenvalue weighted by Gasteiger charge is 2.29. The van der Waals surface area contributed by atoms with Gasteiger partial charge in [0.2, 0.25) is 0 Å². The van der Waals surface area contributed by atoms with Crippen molar-refractivity contribution in [2.75, 3.05) is 6.54 Å². The summed E-state index contributed by atoms with van der Waals surface area (Å²) >= 11 is 0. The van der Waals surface area contributed by atoms with Crippen molar-refractivity contribution in [2.24, 2.45) is 5.16 Å². The van der Waals surface area contributed by atoms with Gasteiger partial charge in [-0.25, -0.2) is 0 Å². The minimum Gasteiger partial charge on any atom is -0.542 e. The summed E-state index contributed by atoms with van der Waals surface area (Å²) in [5.41, 5.74) is 4.85. The lowest BCUT2D eigenvalue weighted by molar-refractivity contribution is -0.365. The van der Waals surface area contributed by atoms with Gasteiger partial charge in [-0.1, -0.05) is 5.16 Å². The molecule has 0 unspecified atom stereocenters. The Kier molecular flexibility index (Phi) is 5.40. The molecule has 1 aliphatic rings. The van der Waals surface area contributed by atoms with E-state index in [1.54, 1.807) is 0 Å². The number of aliphatic carboxylic acids is 1. The molecule has 0 saturated heterocycles. The number of hydrogen-bond acceptors (Lipinski definition) is 4. The van der Waals surface area contributed by atoms with Crippen LogP contribution in [-0.4, -0.2) is 30.0 Å². The van der Waals surface area contributed by atoms with Crippen LogP contribution < -0.4 is 10.8 Å². The molecule has 1 aliphatic heterocycles. The molecule has 1 rings (SSSR count). The van der Waals surface area contributed by atoms with E-state index in [9.17, 15) is 13.2 Å². The van der Waals surface area contributed by atoms with Crippen LogP contribution in [0.4, 0.5) is 13.2 Å². The summed E-state index contributed by atoms with van der Waals surface area (Å²) in [6.45, 7) is 5.01. The topological polar surface area (TPSA) is 89.4 Å². The fourth-order valence-corrected chi connectivity index (χ4v) is 1.08. The van der Waals surface area contributed by atoms with Crippen molar-refractivity contribution < 1.29 is 33.6 Å². The maximum Gasteiger partial charge on any atom is 0.430 e. The summed E-state index contributed by atoms with van der Waals surface area (Å²) in [4.78, 5) is 14.0. The second-order valence-electron chi connectivity index (χ2n) is 4.07. The number of alkyl halides is 3. The van der Waals surface area contributed by atoms with Gasteiger partial charge < -0.3 is 20.5 Å². The first-order chi connectivity index (χ1) is 7.58. The molecular weight excluding hydrogens is 241 g/mol. The molecule has 0 fully saturated rings. The van der Waals surface area contributed by atoms with Gasteiger partial charge >= 0.3 is 6.18 Å². The molecule has 0 aromatic heterocycles. The first-order valence-corrected chi connectivity index (χ1v) is 4.90. The van der Waals surface area contributed by atoms with Gasteiger partial charge in [0.1, 0.15) is 11.6 Å². The molecule has 17 heavy (non-hydrogen) atoms. The molecule has 0 atom stereocenters. The van der Waals surface area contributed by atoms with Crippen LogP contribution in [-0.2, 0) is 9.63 Å². The Labute approximate surface area is 96.4 Å². The zero-order valence-electron chi connectivity index (χ0n) is 9.63. The summed E-state index contributed by atoms with van der Waals surface area (Å²) in [5, 5.41) is 12.7. The zero-order chi connectivity index (χ0) is 13.7. The number of quaternary nitrogens is 1. The zero-order valence-corrected chi connectivity index (χ0v) is 9.63. The van der Waals surface area contributed by atoms with E-state index in [1.165, 1.54) is 0 Å². The molecule has 1 heterocycles. The van der Waals surface area contributed by atoms with Crippen LogP contribution >= 0.6 is 0 Å². The smallest absolute Gasteiger partial charge is 0.430 e. The second-order valence-corrected chi connectivity index (χ2v) is 4.07. The summed E-state index contributed by atoms with van der Waals surface area (Å²) in [5.74, 6) is -3.01. The largest absolute Gasteiger partial charge is 0.542 e. The van der Waals surface area contributed by atoms with E-state index in [-0.39, 0.29) is 5.60 Å². The summed E-state index contributed by atoms with van der Waals surface area (Å²) < 4.78 is 31.5. The number of carbonyl (C=O) groups excluding carboxylic acids is 1. The summed E-state index contributed by atoms with van der Waals surface area (Å²) in [6, 6.07) is 0. The Morgan fingerprint density at radius 2 is 2.06 bits per heavy atom. The van der Waals surface area contributed by atoms with Gasteiger partial charge in [0.05, 0.1) is 12.3 Å². The lowest BCUT2D eigenvalue weighted by Gasteiger charge is -2.12. The maximum absolute atomic E-state index is 10.5. The van der Waals surface area contributed by atoms with Gasteiger partial charge in [-0.15, -0.1) is 0 Å². The Hall–Kier alpha value is -1.31. The van der Waals surface area contributed by atoms with Crippen LogP contribution in [0.2, 0.25) is 0 Å². The highest BCUT2D eigenvalue weighted by atomic mass is 19.4. The SMILES string of the molecule is CC1(C)CC(CC[NH3+])=NO1.O=C([O-])C(F)(F)F. The van der Waals surface area contributed by atoms with Crippen LogP contribution in [0.25, 0.3) is 0 Å². The van der Waals surface area contributed by atoms with Gasteiger partial charge in [-0.2, -0.15) is 13.2 Å². The molecule has 0 amide bonds. The first-order valence-electron chi connectivity index (χ1n) is 4.90. The number of carbonyl (C=O) groups is 1. The van der Waals surface area contributed by atoms with Gasteiger partial charge in [-0.3, -0.25) is 0 Å². The van der Waals surface area contributed by atoms with Crippen molar-refractivity contribution >= 4 is 11.7 Å². The van der Waals surface area contributed by atoms with Crippen molar-refractivity contribution in [1.29, 1.82) is 0 Å². The van der Waals surface area contributed by atoms with E-state index in [0.29, 0.717) is 0 Å². The van der Waals surface area contributed by atoms with Crippen molar-refractivity contribution in [1.82, 2.24) is 0 Å². The molecule has 100 valence electrons. The first kappa shape index (κ1) is 15.7. The fourth-order valence-electron chi connectivity index (χ4n) is 1.08. The molecule has 5 nitrogen and oxygen atoms in total. The molecule has 0 radical (unpaired) electrons. The van der Waals surface area contributed by atoms with Crippen molar-refractivity contribution in [2.45, 2.75) is 38.5 Å². The van der Waals surface area contributed by atoms with E-state index >= 15 is 0 Å². The van der Waals surface area contributed by atoms with Crippen molar-refractivity contribution in [3.63, 3.8) is 0 Å². The van der Waals surface area contributed by atoms with Crippen LogP contribution in [0.5, 0.6) is 0 Å². The average molecular weight is 256 g/mol. The maximum atomic E-state index is 10.5. The lowest BCUT2D eigenvalue weighted by atomic mass is 10.0. The van der Waals surface area contributed by atoms with Gasteiger partial charge in [-0.05, 0) is 13.8 Å². The van der Waals surface area contributed by atoms with E-state index < -0.39 is 12.1 Å². The molecule has 8 heteroatoms. The normalized spacial score (nSPS) is 17.6. The summed E-state index contributed by atoms with van der Waals surface area (Å²) in [6.07, 6.45) is -3.26. The predicted octanol–water partition coefficient (Wildman–Crippen LogP) is -0.528. The monoisotopic (exact) mass is 256 g/mol. The molecule has 0 bridgehead atoms. The highest BCUT2D eigenvalue weighted by molar-refractivity contribution is 5.85. The van der Waals surface area contributed by atoms with E-state index in [1.807, 2.05) is 13.8 Å². The number of carboxylic acids is 1. The van der Waals surface area contributed by atoms with E-state index in [0.717, 1.165) is 25.1 Å². The third-order valence-corrected chi connectivity index (χ3v) is 1.75. The number of halogens is 3. The molecule has 0 spiro atoms. The lowest BCUT2D eigenvalue weighted by Crippen LogP contribution is -2.50. The third kappa shape index (κ3) is 6.77. The third-order valence-electron chi connectivity index (χ3n) is 1.75. The number of carboxylic acid groups (broad SMARTS) is 1. The Morgan fingerprint density at radius 3 is 2.29 bits per heavy atom. The Balaban J connectivity index is 0.000000325. The standard InChI is InChI=1S/C7H14N2O.C2HF3O2/c1-7(2)5-6(3-4-8)9-10-7;3-2(4,5)1(6)7/h3-5,8H2,1-2H3;(H,6,7). The summed E-state index contributed by atoms with van der Waals surface area (Å²) in [7, 11) is 0. The van der Waals surface area contributed by atoms with Crippen LogP contribution in [0.15, 0.2) is 5.16 Å². The predicted molar refractivity (Wildman–Crippen MR) is 50.7 cm³/mol. The molecular formula is C9H15F3N2O3. The van der Waals surface area contributed by atoms with Crippen LogP contribution in [0.3, 0.4) is 0 Å². The van der Waals surface area contributed by atoms with Crippen molar-refractivity contribution in [3.8, 4) is 0 Å². The van der Waals surface area contributed by atoms with Gasteiger partial charge in [0, 0.05) is 12.8 Å². The Bertz CT molecular complexity index is 300. The fraction of sp³-hybridized carbons (Fsp3) is 0.778. The second kappa shape index (κ2) is 5.85. The molecule has 0 aromatic rings. The minimum absolute atomic E-state index is 0.0650. The minimum atomic E-state index is -5.19. The highest BCUT2D eigenvalue weighted by Crippen LogP contribution is 2.22. The number of rotatable bonds is 2. The van der Waals surface area contributed by atoms with Crippen molar-refractivity contribution in [3.05, 3.63) is 0 Å². The molecule has 0 aromatic carbocycles. The molecule has 0 saturated carbocycles. The quantitative estimate of drug-likeness (QED) is 0.720. The Morgan fingerprint density at radius 1 is 1.59 bits per heavy atom. The van der Waals surface area contributed by atoms with Crippen LogP contribution in [0, 0.1) is 0 Å². The van der Waals surface area contributed by atoms with Crippen LogP contribution in [0.1, 0.15) is 26.7 Å². The average Bonchev–Trinajstić information content (AvgIpc) is 2.45. The van der Waals surface area contributed by atoms with Gasteiger partial charge in [0.15, 0.2) is 0 Å². The molecule has 0 aliphatic carbocycles. The van der Waals surface area contributed by atoms with E-state index in [2.05, 4.69) is 10.9 Å². The molecule has 3 N–H and O–H groups in total. The number of nitrogens with zero attached hydrogens (tertiary/aromatic N) is 1. The van der Waals surface area contributed by atoms with Gasteiger partial charge in [0.25, 0.3) is 0 Å². The number of oxime groups is 1. The number of hydrogen-bond donors (Lipinski definition) is 1.